The minimum absolute atomic E-state index is 0.234. The maximum atomic E-state index is 13.4. The monoisotopic (exact) mass is 456 g/mol. The van der Waals surface area contributed by atoms with Crippen molar-refractivity contribution in [2.75, 3.05) is 6.61 Å². The Balaban J connectivity index is 1.80. The summed E-state index contributed by atoms with van der Waals surface area (Å²) in [5.74, 6) is -0.463. The third kappa shape index (κ3) is 4.63. The lowest BCUT2D eigenvalue weighted by atomic mass is 9.85. The Hall–Kier alpha value is -2.37. The van der Waals surface area contributed by atoms with E-state index >= 15 is 0 Å². The second-order valence-electron chi connectivity index (χ2n) is 7.34. The van der Waals surface area contributed by atoms with Gasteiger partial charge >= 0.3 is 5.97 Å². The minimum atomic E-state index is -1.37. The highest BCUT2D eigenvalue weighted by Gasteiger charge is 2.57. The molecule has 3 aromatic rings. The molecule has 1 aliphatic heterocycles. The summed E-state index contributed by atoms with van der Waals surface area (Å²) in [7, 11) is 0. The topological polar surface area (TPSA) is 44.8 Å². The third-order valence-corrected chi connectivity index (χ3v) is 5.75. The van der Waals surface area contributed by atoms with Crippen LogP contribution in [-0.4, -0.2) is 18.2 Å². The summed E-state index contributed by atoms with van der Waals surface area (Å²) >= 11 is 12.1. The summed E-state index contributed by atoms with van der Waals surface area (Å²) in [5.41, 5.74) is 1.12. The van der Waals surface area contributed by atoms with Gasteiger partial charge in [-0.3, -0.25) is 0 Å². The molecule has 4 nitrogen and oxygen atoms in total. The van der Waals surface area contributed by atoms with E-state index in [0.717, 1.165) is 16.7 Å². The van der Waals surface area contributed by atoms with Crippen molar-refractivity contribution >= 4 is 29.2 Å². The number of ether oxygens (including phenoxy) is 3. The Kier molecular flexibility index (Phi) is 6.63. The molecular formula is C25H22Cl2O4. The molecule has 1 saturated heterocycles. The van der Waals surface area contributed by atoms with Crippen molar-refractivity contribution in [1.82, 2.24) is 0 Å². The first-order chi connectivity index (χ1) is 15.0. The SMILES string of the molecule is CCOC(=O)[C@]1(Cc2ccccc2)O[C@H](c2ccc(Cl)cc2)O[C@@H]1c1ccc(Cl)cc1. The summed E-state index contributed by atoms with van der Waals surface area (Å²) in [6.45, 7) is 2.01. The number of carbonyl (C=O) groups excluding carboxylic acids is 1. The van der Waals surface area contributed by atoms with Gasteiger partial charge in [0.1, 0.15) is 6.10 Å². The first kappa shape index (κ1) is 21.8. The molecule has 31 heavy (non-hydrogen) atoms. The van der Waals surface area contributed by atoms with E-state index in [-0.39, 0.29) is 6.61 Å². The molecule has 0 aromatic heterocycles. The van der Waals surface area contributed by atoms with Crippen molar-refractivity contribution in [2.24, 2.45) is 0 Å². The molecule has 0 radical (unpaired) electrons. The lowest BCUT2D eigenvalue weighted by Gasteiger charge is -2.30. The first-order valence-electron chi connectivity index (χ1n) is 10.1. The largest absolute Gasteiger partial charge is 0.464 e. The van der Waals surface area contributed by atoms with Crippen LogP contribution < -0.4 is 0 Å². The van der Waals surface area contributed by atoms with E-state index in [1.54, 1.807) is 31.2 Å². The van der Waals surface area contributed by atoms with Gasteiger partial charge in [0.05, 0.1) is 6.61 Å². The lowest BCUT2D eigenvalue weighted by Crippen LogP contribution is -2.46. The molecule has 0 saturated carbocycles. The second kappa shape index (κ2) is 9.41. The Bertz CT molecular complexity index is 1020. The quantitative estimate of drug-likeness (QED) is 0.406. The number of halogens is 2. The van der Waals surface area contributed by atoms with Gasteiger partial charge in [0.25, 0.3) is 0 Å². The van der Waals surface area contributed by atoms with Crippen molar-refractivity contribution in [2.45, 2.75) is 31.3 Å². The molecular weight excluding hydrogens is 435 g/mol. The first-order valence-corrected chi connectivity index (χ1v) is 10.8. The summed E-state index contributed by atoms with van der Waals surface area (Å²) in [4.78, 5) is 13.4. The highest BCUT2D eigenvalue weighted by atomic mass is 35.5. The van der Waals surface area contributed by atoms with Crippen LogP contribution >= 0.6 is 23.2 Å². The maximum Gasteiger partial charge on any atom is 0.342 e. The zero-order chi connectivity index (χ0) is 21.8. The van der Waals surface area contributed by atoms with E-state index in [1.165, 1.54) is 0 Å². The van der Waals surface area contributed by atoms with Crippen LogP contribution in [0.25, 0.3) is 0 Å². The van der Waals surface area contributed by atoms with E-state index in [0.29, 0.717) is 16.5 Å². The molecule has 3 aromatic carbocycles. The molecule has 0 unspecified atom stereocenters. The van der Waals surface area contributed by atoms with Gasteiger partial charge in [0, 0.05) is 22.0 Å². The molecule has 1 fully saturated rings. The normalized spacial score (nSPS) is 22.9. The number of carbonyl (C=O) groups is 1. The van der Waals surface area contributed by atoms with Crippen LogP contribution in [0.2, 0.25) is 10.0 Å². The number of hydrogen-bond donors (Lipinski definition) is 0. The van der Waals surface area contributed by atoms with Crippen LogP contribution in [0, 0.1) is 0 Å². The molecule has 3 atom stereocenters. The van der Waals surface area contributed by atoms with E-state index < -0.39 is 24.0 Å². The van der Waals surface area contributed by atoms with Gasteiger partial charge < -0.3 is 14.2 Å². The fourth-order valence-electron chi connectivity index (χ4n) is 3.78. The highest BCUT2D eigenvalue weighted by Crippen LogP contribution is 2.49. The van der Waals surface area contributed by atoms with Gasteiger partial charge in [-0.1, -0.05) is 77.8 Å². The van der Waals surface area contributed by atoms with Gasteiger partial charge in [-0.15, -0.1) is 0 Å². The zero-order valence-corrected chi connectivity index (χ0v) is 18.5. The van der Waals surface area contributed by atoms with Crippen LogP contribution in [0.1, 0.15) is 36.0 Å². The predicted octanol–water partition coefficient (Wildman–Crippen LogP) is 6.32. The van der Waals surface area contributed by atoms with Gasteiger partial charge in [0.15, 0.2) is 6.29 Å². The van der Waals surface area contributed by atoms with Crippen LogP contribution in [0.4, 0.5) is 0 Å². The predicted molar refractivity (Wildman–Crippen MR) is 120 cm³/mol. The van der Waals surface area contributed by atoms with Crippen LogP contribution in [0.5, 0.6) is 0 Å². The number of rotatable bonds is 6. The van der Waals surface area contributed by atoms with Crippen molar-refractivity contribution in [3.05, 3.63) is 106 Å². The van der Waals surface area contributed by atoms with E-state index in [9.17, 15) is 4.79 Å². The zero-order valence-electron chi connectivity index (χ0n) is 17.0. The average molecular weight is 457 g/mol. The standard InChI is InChI=1S/C25H22Cl2O4/c1-2-29-24(28)25(16-17-6-4-3-5-7-17)22(18-8-12-20(26)13-9-18)30-23(31-25)19-10-14-21(27)15-11-19/h3-15,22-23H,2,16H2,1H3/t22-,23-,25-/m1/s1. The van der Waals surface area contributed by atoms with E-state index in [2.05, 4.69) is 0 Å². The summed E-state index contributed by atoms with van der Waals surface area (Å²) in [6.07, 6.45) is -1.15. The fraction of sp³-hybridized carbons (Fsp3) is 0.240. The molecule has 1 heterocycles. The number of esters is 1. The summed E-state index contributed by atoms with van der Waals surface area (Å²) in [6, 6.07) is 24.1. The molecule has 6 heteroatoms. The van der Waals surface area contributed by atoms with Crippen molar-refractivity contribution < 1.29 is 19.0 Å². The minimum Gasteiger partial charge on any atom is -0.464 e. The van der Waals surface area contributed by atoms with Crippen LogP contribution in [-0.2, 0) is 25.4 Å². The number of hydrogen-bond acceptors (Lipinski definition) is 4. The Labute approximate surface area is 191 Å². The smallest absolute Gasteiger partial charge is 0.342 e. The van der Waals surface area contributed by atoms with Gasteiger partial charge in [0.2, 0.25) is 5.60 Å². The third-order valence-electron chi connectivity index (χ3n) is 5.25. The van der Waals surface area contributed by atoms with Crippen molar-refractivity contribution in [1.29, 1.82) is 0 Å². The molecule has 160 valence electrons. The van der Waals surface area contributed by atoms with Crippen molar-refractivity contribution in [3.63, 3.8) is 0 Å². The molecule has 0 spiro atoms. The van der Waals surface area contributed by atoms with E-state index in [1.807, 2.05) is 54.6 Å². The molecule has 4 rings (SSSR count). The molecule has 1 aliphatic rings. The van der Waals surface area contributed by atoms with Gasteiger partial charge in [-0.25, -0.2) is 4.79 Å². The van der Waals surface area contributed by atoms with Crippen molar-refractivity contribution in [3.8, 4) is 0 Å². The molecule has 0 bridgehead atoms. The Morgan fingerprint density at radius 3 is 2.06 bits per heavy atom. The van der Waals surface area contributed by atoms with E-state index in [4.69, 9.17) is 37.4 Å². The van der Waals surface area contributed by atoms with Gasteiger partial charge in [-0.2, -0.15) is 0 Å². The summed E-state index contributed by atoms with van der Waals surface area (Å²) < 4.78 is 18.3. The van der Waals surface area contributed by atoms with Gasteiger partial charge in [-0.05, 0) is 42.3 Å². The summed E-state index contributed by atoms with van der Waals surface area (Å²) in [5, 5.41) is 1.21. The highest BCUT2D eigenvalue weighted by molar-refractivity contribution is 6.30. The molecule has 0 amide bonds. The molecule has 0 aliphatic carbocycles. The maximum absolute atomic E-state index is 13.4. The second-order valence-corrected chi connectivity index (χ2v) is 8.21. The van der Waals surface area contributed by atoms with Crippen LogP contribution in [0.15, 0.2) is 78.9 Å². The fourth-order valence-corrected chi connectivity index (χ4v) is 4.03. The number of benzene rings is 3. The average Bonchev–Trinajstić information content (AvgIpc) is 3.16. The lowest BCUT2D eigenvalue weighted by molar-refractivity contribution is -0.173. The molecule has 0 N–H and O–H groups in total. The Morgan fingerprint density at radius 1 is 0.903 bits per heavy atom. The van der Waals surface area contributed by atoms with Crippen LogP contribution in [0.3, 0.4) is 0 Å². The Morgan fingerprint density at radius 2 is 1.48 bits per heavy atom.